The molecular weight excluding hydrogens is 196 g/mol. The highest BCUT2D eigenvalue weighted by molar-refractivity contribution is 7.14. The van der Waals surface area contributed by atoms with E-state index in [1.165, 1.54) is 11.3 Å². The van der Waals surface area contributed by atoms with Crippen LogP contribution in [0, 0.1) is 0 Å². The maximum atomic E-state index is 9.30. The van der Waals surface area contributed by atoms with Crippen LogP contribution in [0.1, 0.15) is 12.5 Å². The molecule has 2 unspecified atom stereocenters. The molecule has 0 amide bonds. The van der Waals surface area contributed by atoms with E-state index in [9.17, 15) is 5.11 Å². The highest BCUT2D eigenvalue weighted by Crippen LogP contribution is 2.21. The van der Waals surface area contributed by atoms with Crippen molar-refractivity contribution in [3.8, 4) is 0 Å². The van der Waals surface area contributed by atoms with E-state index in [1.54, 1.807) is 13.0 Å². The quantitative estimate of drug-likeness (QED) is 0.790. The first kappa shape index (κ1) is 9.99. The van der Waals surface area contributed by atoms with Gasteiger partial charge in [0, 0.05) is 6.42 Å². The number of rotatable bonds is 3. The van der Waals surface area contributed by atoms with Crippen LogP contribution < -0.4 is 0 Å². The van der Waals surface area contributed by atoms with Gasteiger partial charge in [0.15, 0.2) is 0 Å². The predicted molar refractivity (Wildman–Crippen MR) is 50.7 cm³/mol. The van der Waals surface area contributed by atoms with Crippen molar-refractivity contribution in [1.29, 1.82) is 0 Å². The van der Waals surface area contributed by atoms with E-state index >= 15 is 0 Å². The van der Waals surface area contributed by atoms with Crippen molar-refractivity contribution in [2.75, 3.05) is 0 Å². The molecule has 0 aliphatic carbocycles. The minimum absolute atomic E-state index is 0.459. The summed E-state index contributed by atoms with van der Waals surface area (Å²) in [6.45, 7) is 1.57. The molecule has 2 N–H and O–H groups in total. The van der Waals surface area contributed by atoms with Gasteiger partial charge in [0.1, 0.15) is 0 Å². The Labute approximate surface area is 80.4 Å². The molecule has 12 heavy (non-hydrogen) atoms. The molecule has 0 fully saturated rings. The molecule has 0 aromatic carbocycles. The lowest BCUT2D eigenvalue weighted by Gasteiger charge is -2.11. The predicted octanol–water partition coefficient (Wildman–Crippen LogP) is 1.69. The Morgan fingerprint density at radius 3 is 2.67 bits per heavy atom. The van der Waals surface area contributed by atoms with E-state index in [0.29, 0.717) is 10.8 Å². The van der Waals surface area contributed by atoms with Crippen molar-refractivity contribution >= 4 is 22.9 Å². The van der Waals surface area contributed by atoms with Gasteiger partial charge in [0.2, 0.25) is 0 Å². The molecule has 0 spiro atoms. The Bertz CT molecular complexity index is 247. The van der Waals surface area contributed by atoms with Crippen LogP contribution in [0.2, 0.25) is 4.34 Å². The van der Waals surface area contributed by atoms with E-state index in [2.05, 4.69) is 0 Å². The monoisotopic (exact) mass is 206 g/mol. The second-order valence-corrected chi connectivity index (χ2v) is 4.31. The molecular formula is C8H11ClO2S. The summed E-state index contributed by atoms with van der Waals surface area (Å²) in [5, 5.41) is 20.2. The van der Waals surface area contributed by atoms with Gasteiger partial charge in [-0.2, -0.15) is 0 Å². The van der Waals surface area contributed by atoms with Gasteiger partial charge in [0.25, 0.3) is 0 Å². The van der Waals surface area contributed by atoms with Gasteiger partial charge in [-0.25, -0.2) is 0 Å². The van der Waals surface area contributed by atoms with Crippen LogP contribution in [0.15, 0.2) is 11.4 Å². The van der Waals surface area contributed by atoms with Gasteiger partial charge in [0.05, 0.1) is 16.5 Å². The first-order valence-electron chi connectivity index (χ1n) is 3.68. The van der Waals surface area contributed by atoms with Crippen molar-refractivity contribution in [2.24, 2.45) is 0 Å². The summed E-state index contributed by atoms with van der Waals surface area (Å²) in [6, 6.07) is 1.80. The van der Waals surface area contributed by atoms with Gasteiger partial charge in [-0.15, -0.1) is 11.3 Å². The summed E-state index contributed by atoms with van der Waals surface area (Å²) in [5.74, 6) is 0. The first-order chi connectivity index (χ1) is 5.59. The Morgan fingerprint density at radius 1 is 1.58 bits per heavy atom. The van der Waals surface area contributed by atoms with E-state index in [1.807, 2.05) is 5.38 Å². The third-order valence-electron chi connectivity index (χ3n) is 1.62. The van der Waals surface area contributed by atoms with Crippen LogP contribution in [-0.2, 0) is 6.42 Å². The molecule has 2 atom stereocenters. The summed E-state index contributed by atoms with van der Waals surface area (Å²) in [7, 11) is 0. The summed E-state index contributed by atoms with van der Waals surface area (Å²) < 4.78 is 0.711. The highest BCUT2D eigenvalue weighted by Gasteiger charge is 2.12. The lowest BCUT2D eigenvalue weighted by atomic mass is 10.1. The fourth-order valence-corrected chi connectivity index (χ4v) is 1.79. The van der Waals surface area contributed by atoms with Crippen LogP contribution in [0.5, 0.6) is 0 Å². The number of hydrogen-bond donors (Lipinski definition) is 2. The Balaban J connectivity index is 2.52. The molecule has 0 radical (unpaired) electrons. The van der Waals surface area contributed by atoms with Gasteiger partial charge in [-0.3, -0.25) is 0 Å². The third-order valence-corrected chi connectivity index (χ3v) is 2.76. The average molecular weight is 207 g/mol. The molecule has 0 saturated heterocycles. The van der Waals surface area contributed by atoms with Gasteiger partial charge < -0.3 is 10.2 Å². The Morgan fingerprint density at radius 2 is 2.25 bits per heavy atom. The molecule has 2 nitrogen and oxygen atoms in total. The minimum Gasteiger partial charge on any atom is -0.391 e. The smallest absolute Gasteiger partial charge is 0.0931 e. The first-order valence-corrected chi connectivity index (χ1v) is 4.94. The summed E-state index contributed by atoms with van der Waals surface area (Å²) in [4.78, 5) is 0. The van der Waals surface area contributed by atoms with E-state index in [-0.39, 0.29) is 0 Å². The number of aliphatic hydroxyl groups is 2. The van der Waals surface area contributed by atoms with Crippen LogP contribution >= 0.6 is 22.9 Å². The average Bonchev–Trinajstić information content (AvgIpc) is 2.35. The van der Waals surface area contributed by atoms with Gasteiger partial charge >= 0.3 is 0 Å². The van der Waals surface area contributed by atoms with Crippen LogP contribution in [-0.4, -0.2) is 22.4 Å². The van der Waals surface area contributed by atoms with Crippen molar-refractivity contribution in [3.63, 3.8) is 0 Å². The molecule has 1 rings (SSSR count). The number of thiophene rings is 1. The molecule has 1 aromatic rings. The second-order valence-electron chi connectivity index (χ2n) is 2.77. The summed E-state index contributed by atoms with van der Waals surface area (Å²) >= 11 is 7.13. The molecule has 0 aliphatic rings. The lowest BCUT2D eigenvalue weighted by molar-refractivity contribution is 0.0320. The molecule has 1 aromatic heterocycles. The lowest BCUT2D eigenvalue weighted by Crippen LogP contribution is -2.24. The number of aliphatic hydroxyl groups excluding tert-OH is 2. The topological polar surface area (TPSA) is 40.5 Å². The molecule has 4 heteroatoms. The maximum Gasteiger partial charge on any atom is 0.0931 e. The Hall–Kier alpha value is -0.0900. The normalized spacial score (nSPS) is 16.0. The van der Waals surface area contributed by atoms with Crippen molar-refractivity contribution in [2.45, 2.75) is 25.6 Å². The SMILES string of the molecule is CC(O)C(O)Cc1csc(Cl)c1. The zero-order valence-corrected chi connectivity index (χ0v) is 8.27. The van der Waals surface area contributed by atoms with Crippen LogP contribution in [0.3, 0.4) is 0 Å². The van der Waals surface area contributed by atoms with E-state index in [4.69, 9.17) is 16.7 Å². The summed E-state index contributed by atoms with van der Waals surface area (Å²) in [5.41, 5.74) is 0.971. The number of hydrogen-bond acceptors (Lipinski definition) is 3. The largest absolute Gasteiger partial charge is 0.391 e. The highest BCUT2D eigenvalue weighted by atomic mass is 35.5. The zero-order valence-electron chi connectivity index (χ0n) is 6.70. The molecule has 0 saturated carbocycles. The van der Waals surface area contributed by atoms with E-state index < -0.39 is 12.2 Å². The minimum atomic E-state index is -0.698. The zero-order chi connectivity index (χ0) is 9.14. The molecule has 1 heterocycles. The van der Waals surface area contributed by atoms with Crippen LogP contribution in [0.4, 0.5) is 0 Å². The molecule has 0 bridgehead atoms. The van der Waals surface area contributed by atoms with Crippen molar-refractivity contribution in [1.82, 2.24) is 0 Å². The molecule has 68 valence electrons. The maximum absolute atomic E-state index is 9.30. The van der Waals surface area contributed by atoms with Gasteiger partial charge in [-0.05, 0) is 23.9 Å². The second kappa shape index (κ2) is 4.23. The van der Waals surface area contributed by atoms with Gasteiger partial charge in [-0.1, -0.05) is 11.6 Å². The van der Waals surface area contributed by atoms with E-state index in [0.717, 1.165) is 5.56 Å². The number of halogens is 1. The Kier molecular flexibility index (Phi) is 3.53. The standard InChI is InChI=1S/C8H11ClO2S/c1-5(10)7(11)2-6-3-8(9)12-4-6/h3-5,7,10-11H,2H2,1H3. The fourth-order valence-electron chi connectivity index (χ4n) is 0.865. The third kappa shape index (κ3) is 2.75. The van der Waals surface area contributed by atoms with Crippen LogP contribution in [0.25, 0.3) is 0 Å². The fraction of sp³-hybridized carbons (Fsp3) is 0.500. The van der Waals surface area contributed by atoms with Crippen molar-refractivity contribution < 1.29 is 10.2 Å². The van der Waals surface area contributed by atoms with Crippen molar-refractivity contribution in [3.05, 3.63) is 21.3 Å². The summed E-state index contributed by atoms with van der Waals surface area (Å²) in [6.07, 6.45) is -0.930. The molecule has 0 aliphatic heterocycles.